The third kappa shape index (κ3) is 3.94. The molecule has 1 aromatic heterocycles. The molecular formula is C24H20ClN5O3. The van der Waals surface area contributed by atoms with Crippen LogP contribution in [0, 0.1) is 10.1 Å². The molecule has 1 N–H and O–H groups in total. The highest BCUT2D eigenvalue weighted by atomic mass is 35.5. The zero-order valence-electron chi connectivity index (χ0n) is 17.6. The zero-order valence-corrected chi connectivity index (χ0v) is 18.3. The predicted molar refractivity (Wildman–Crippen MR) is 130 cm³/mol. The number of nitrogens with one attached hydrogen (secondary N) is 1. The second-order valence-corrected chi connectivity index (χ2v) is 8.22. The van der Waals surface area contributed by atoms with Gasteiger partial charge in [-0.2, -0.15) is 9.78 Å². The molecule has 1 aliphatic heterocycles. The number of hydrogen-bond acceptors (Lipinski definition) is 6. The Bertz CT molecular complexity index is 1410. The number of halogens is 1. The smallest absolute Gasteiger partial charge is 0.295 e. The molecule has 33 heavy (non-hydrogen) atoms. The summed E-state index contributed by atoms with van der Waals surface area (Å²) in [5.74, 6) is 0. The summed E-state index contributed by atoms with van der Waals surface area (Å²) in [7, 11) is 0. The lowest BCUT2D eigenvalue weighted by Crippen LogP contribution is -2.43. The second kappa shape index (κ2) is 8.65. The van der Waals surface area contributed by atoms with Crippen molar-refractivity contribution in [1.29, 1.82) is 0 Å². The van der Waals surface area contributed by atoms with Crippen molar-refractivity contribution < 1.29 is 4.92 Å². The van der Waals surface area contributed by atoms with Crippen LogP contribution in [0.1, 0.15) is 0 Å². The highest BCUT2D eigenvalue weighted by molar-refractivity contribution is 6.30. The second-order valence-electron chi connectivity index (χ2n) is 7.79. The molecular weight excluding hydrogens is 442 g/mol. The summed E-state index contributed by atoms with van der Waals surface area (Å²) in [6, 6.07) is 19.1. The summed E-state index contributed by atoms with van der Waals surface area (Å²) in [6.07, 6.45) is 0. The van der Waals surface area contributed by atoms with Gasteiger partial charge in [0.2, 0.25) is 0 Å². The number of nitro benzene ring substituents is 1. The lowest BCUT2D eigenvalue weighted by molar-refractivity contribution is -0.384. The maximum atomic E-state index is 13.5. The van der Waals surface area contributed by atoms with E-state index in [1.165, 1.54) is 6.07 Å². The van der Waals surface area contributed by atoms with Gasteiger partial charge in [0.1, 0.15) is 5.69 Å². The van der Waals surface area contributed by atoms with Crippen molar-refractivity contribution in [2.45, 2.75) is 0 Å². The van der Waals surface area contributed by atoms with Crippen LogP contribution in [0.2, 0.25) is 5.02 Å². The Morgan fingerprint density at radius 2 is 1.67 bits per heavy atom. The first kappa shape index (κ1) is 21.1. The van der Waals surface area contributed by atoms with Gasteiger partial charge in [0.05, 0.1) is 16.0 Å². The van der Waals surface area contributed by atoms with E-state index in [9.17, 15) is 14.9 Å². The molecule has 0 atom stereocenters. The summed E-state index contributed by atoms with van der Waals surface area (Å²) in [5, 5.41) is 21.5. The van der Waals surface area contributed by atoms with Crippen molar-refractivity contribution in [3.05, 3.63) is 92.2 Å². The minimum Gasteiger partial charge on any atom is -0.369 e. The zero-order chi connectivity index (χ0) is 22.9. The highest BCUT2D eigenvalue weighted by Crippen LogP contribution is 2.30. The van der Waals surface area contributed by atoms with Gasteiger partial charge < -0.3 is 10.2 Å². The van der Waals surface area contributed by atoms with E-state index >= 15 is 0 Å². The van der Waals surface area contributed by atoms with E-state index in [1.807, 2.05) is 24.3 Å². The van der Waals surface area contributed by atoms with Gasteiger partial charge in [0.25, 0.3) is 11.2 Å². The Hall–Kier alpha value is -3.75. The van der Waals surface area contributed by atoms with E-state index in [2.05, 4.69) is 15.3 Å². The van der Waals surface area contributed by atoms with Gasteiger partial charge in [0.15, 0.2) is 0 Å². The maximum Gasteiger partial charge on any atom is 0.295 e. The SMILES string of the molecule is O=c1c2ccccc2c(-c2ccc(Cl)cc2)nn1-c1cc(N2CCNCC2)ccc1[N+](=O)[O-]. The fourth-order valence-electron chi connectivity index (χ4n) is 4.13. The number of hydrogen-bond donors (Lipinski definition) is 1. The molecule has 9 heteroatoms. The van der Waals surface area contributed by atoms with E-state index in [4.69, 9.17) is 11.6 Å². The van der Waals surface area contributed by atoms with Crippen molar-refractivity contribution in [2.24, 2.45) is 0 Å². The van der Waals surface area contributed by atoms with Gasteiger partial charge >= 0.3 is 0 Å². The lowest BCUT2D eigenvalue weighted by atomic mass is 10.0. The van der Waals surface area contributed by atoms with Crippen molar-refractivity contribution in [3.63, 3.8) is 0 Å². The molecule has 1 aliphatic rings. The minimum absolute atomic E-state index is 0.141. The van der Waals surface area contributed by atoms with Gasteiger partial charge in [-0.15, -0.1) is 0 Å². The van der Waals surface area contributed by atoms with Crippen LogP contribution in [0.15, 0.2) is 71.5 Å². The van der Waals surface area contributed by atoms with Gasteiger partial charge in [0, 0.05) is 53.9 Å². The van der Waals surface area contributed by atoms with E-state index in [0.29, 0.717) is 21.5 Å². The summed E-state index contributed by atoms with van der Waals surface area (Å²) < 4.78 is 1.15. The third-order valence-corrected chi connectivity index (χ3v) is 6.04. The molecule has 1 fully saturated rings. The summed E-state index contributed by atoms with van der Waals surface area (Å²) in [4.78, 5) is 27.0. The summed E-state index contributed by atoms with van der Waals surface area (Å²) in [6.45, 7) is 3.18. The molecule has 0 spiro atoms. The molecule has 3 aromatic carbocycles. The number of fused-ring (bicyclic) bond motifs is 1. The number of piperazine rings is 1. The van der Waals surface area contributed by atoms with E-state index in [1.54, 1.807) is 36.4 Å². The van der Waals surface area contributed by atoms with Gasteiger partial charge in [-0.25, -0.2) is 0 Å². The van der Waals surface area contributed by atoms with Crippen molar-refractivity contribution in [1.82, 2.24) is 15.1 Å². The number of nitrogens with zero attached hydrogens (tertiary/aromatic N) is 4. The molecule has 0 bridgehead atoms. The molecule has 166 valence electrons. The van der Waals surface area contributed by atoms with Gasteiger partial charge in [-0.1, -0.05) is 41.9 Å². The summed E-state index contributed by atoms with van der Waals surface area (Å²) in [5.41, 5.74) is 1.66. The Kier molecular flexibility index (Phi) is 5.53. The topological polar surface area (TPSA) is 93.3 Å². The van der Waals surface area contributed by atoms with Crippen LogP contribution in [0.25, 0.3) is 27.7 Å². The monoisotopic (exact) mass is 461 g/mol. The molecule has 2 heterocycles. The van der Waals surface area contributed by atoms with Crippen molar-refractivity contribution >= 4 is 33.7 Å². The molecule has 8 nitrogen and oxygen atoms in total. The largest absolute Gasteiger partial charge is 0.369 e. The Labute approximate surface area is 194 Å². The molecule has 0 unspecified atom stereocenters. The summed E-state index contributed by atoms with van der Waals surface area (Å²) >= 11 is 6.06. The number of aromatic nitrogens is 2. The van der Waals surface area contributed by atoms with E-state index < -0.39 is 10.5 Å². The first-order valence-corrected chi connectivity index (χ1v) is 10.9. The predicted octanol–water partition coefficient (Wildman–Crippen LogP) is 4.02. The molecule has 0 amide bonds. The molecule has 4 aromatic rings. The van der Waals surface area contributed by atoms with Crippen LogP contribution >= 0.6 is 11.6 Å². The number of benzene rings is 3. The van der Waals surface area contributed by atoms with Crippen LogP contribution in [0.3, 0.4) is 0 Å². The van der Waals surface area contributed by atoms with Crippen molar-refractivity contribution in [2.75, 3.05) is 31.1 Å². The quantitative estimate of drug-likeness (QED) is 0.364. The van der Waals surface area contributed by atoms with Crippen LogP contribution in [-0.2, 0) is 0 Å². The maximum absolute atomic E-state index is 13.5. The normalized spacial score (nSPS) is 13.9. The van der Waals surface area contributed by atoms with Crippen LogP contribution < -0.4 is 15.8 Å². The third-order valence-electron chi connectivity index (χ3n) is 5.79. The van der Waals surface area contributed by atoms with Crippen LogP contribution in [-0.4, -0.2) is 40.9 Å². The Balaban J connectivity index is 1.77. The van der Waals surface area contributed by atoms with Crippen molar-refractivity contribution in [3.8, 4) is 16.9 Å². The Morgan fingerprint density at radius 3 is 2.36 bits per heavy atom. The van der Waals surface area contributed by atoms with Gasteiger partial charge in [-0.3, -0.25) is 14.9 Å². The fraction of sp³-hybridized carbons (Fsp3) is 0.167. The minimum atomic E-state index is -0.484. The number of anilines is 1. The van der Waals surface area contributed by atoms with E-state index in [0.717, 1.165) is 42.1 Å². The molecule has 1 saturated heterocycles. The lowest BCUT2D eigenvalue weighted by Gasteiger charge is -2.29. The van der Waals surface area contributed by atoms with Crippen LogP contribution in [0.4, 0.5) is 11.4 Å². The molecule has 0 radical (unpaired) electrons. The first-order chi connectivity index (χ1) is 16.0. The molecule has 0 aliphatic carbocycles. The first-order valence-electron chi connectivity index (χ1n) is 10.6. The average molecular weight is 462 g/mol. The average Bonchev–Trinajstić information content (AvgIpc) is 2.85. The Morgan fingerprint density at radius 1 is 0.970 bits per heavy atom. The molecule has 5 rings (SSSR count). The van der Waals surface area contributed by atoms with Gasteiger partial charge in [-0.05, 0) is 30.3 Å². The fourth-order valence-corrected chi connectivity index (χ4v) is 4.26. The number of nitro groups is 1. The highest BCUT2D eigenvalue weighted by Gasteiger charge is 2.23. The number of rotatable bonds is 4. The molecule has 0 saturated carbocycles. The standard InChI is InChI=1S/C24H20ClN5O3/c25-17-7-5-16(6-8-17)23-19-3-1-2-4-20(19)24(31)29(27-23)22-15-18(9-10-21(22)30(32)33)28-13-11-26-12-14-28/h1-10,15,26H,11-14H2. The van der Waals surface area contributed by atoms with Crippen LogP contribution in [0.5, 0.6) is 0 Å². The van der Waals surface area contributed by atoms with E-state index in [-0.39, 0.29) is 11.4 Å².